The molecule has 0 fully saturated rings. The summed E-state index contributed by atoms with van der Waals surface area (Å²) in [6, 6.07) is 10.9. The first-order valence-electron chi connectivity index (χ1n) is 5.60. The minimum atomic E-state index is -0.0887. The zero-order chi connectivity index (χ0) is 13.7. The van der Waals surface area contributed by atoms with Crippen molar-refractivity contribution in [2.45, 2.75) is 13.2 Å². The molecule has 0 atom stereocenters. The van der Waals surface area contributed by atoms with E-state index in [4.69, 9.17) is 10.00 Å². The normalized spacial score (nSPS) is 9.95. The minimum Gasteiger partial charge on any atom is -0.487 e. The number of aliphatic hydroxyl groups excluding tert-OH is 1. The quantitative estimate of drug-likeness (QED) is 0.941. The Morgan fingerprint density at radius 2 is 2.21 bits per heavy atom. The van der Waals surface area contributed by atoms with Gasteiger partial charge in [-0.15, -0.1) is 0 Å². The molecule has 0 saturated carbocycles. The lowest BCUT2D eigenvalue weighted by Gasteiger charge is -2.12. The molecule has 4 nitrogen and oxygen atoms in total. The Morgan fingerprint density at radius 1 is 1.37 bits per heavy atom. The van der Waals surface area contributed by atoms with Crippen molar-refractivity contribution in [1.82, 2.24) is 4.98 Å². The number of nitrogens with zero attached hydrogens (tertiary/aromatic N) is 2. The summed E-state index contributed by atoms with van der Waals surface area (Å²) in [6.07, 6.45) is 1.57. The van der Waals surface area contributed by atoms with Gasteiger partial charge in [-0.05, 0) is 39.7 Å². The maximum atomic E-state index is 9.27. The number of para-hydroxylation sites is 1. The van der Waals surface area contributed by atoms with E-state index < -0.39 is 0 Å². The molecule has 0 aliphatic heterocycles. The van der Waals surface area contributed by atoms with E-state index in [2.05, 4.69) is 20.9 Å². The number of rotatable bonds is 4. The van der Waals surface area contributed by atoms with E-state index in [-0.39, 0.29) is 6.61 Å². The monoisotopic (exact) mass is 318 g/mol. The number of hydrogen-bond donors (Lipinski definition) is 1. The lowest BCUT2D eigenvalue weighted by molar-refractivity contribution is 0.258. The molecule has 0 aliphatic carbocycles. The van der Waals surface area contributed by atoms with Crippen LogP contribution in [0.4, 0.5) is 0 Å². The van der Waals surface area contributed by atoms with Crippen LogP contribution in [0.15, 0.2) is 41.0 Å². The first kappa shape index (κ1) is 13.5. The zero-order valence-corrected chi connectivity index (χ0v) is 11.6. The number of aliphatic hydroxyl groups is 1. The molecular weight excluding hydrogens is 308 g/mol. The Hall–Kier alpha value is -1.90. The van der Waals surface area contributed by atoms with E-state index in [0.29, 0.717) is 23.6 Å². The topological polar surface area (TPSA) is 66.1 Å². The molecule has 19 heavy (non-hydrogen) atoms. The van der Waals surface area contributed by atoms with Gasteiger partial charge >= 0.3 is 0 Å². The Labute approximate surface area is 119 Å². The second-order valence-corrected chi connectivity index (χ2v) is 4.69. The van der Waals surface area contributed by atoms with Gasteiger partial charge in [0.15, 0.2) is 0 Å². The molecule has 0 radical (unpaired) electrons. The number of aromatic nitrogens is 1. The van der Waals surface area contributed by atoms with Crippen molar-refractivity contribution in [3.8, 4) is 11.8 Å². The van der Waals surface area contributed by atoms with Crippen LogP contribution in [0, 0.1) is 11.3 Å². The highest BCUT2D eigenvalue weighted by atomic mass is 79.9. The van der Waals surface area contributed by atoms with Crippen molar-refractivity contribution in [2.24, 2.45) is 0 Å². The molecule has 96 valence electrons. The third-order valence-electron chi connectivity index (χ3n) is 2.54. The number of pyridine rings is 1. The third-order valence-corrected chi connectivity index (χ3v) is 3.17. The van der Waals surface area contributed by atoms with Gasteiger partial charge in [-0.3, -0.25) is 0 Å². The standard InChI is InChI=1S/C14H11BrN2O2/c15-13-3-1-2-11(8-18)14(13)19-9-10-4-5-17-12(6-10)7-16/h1-6,18H,8-9H2. The first-order chi connectivity index (χ1) is 9.24. The van der Waals surface area contributed by atoms with Crippen molar-refractivity contribution in [3.63, 3.8) is 0 Å². The number of hydrogen-bond acceptors (Lipinski definition) is 4. The van der Waals surface area contributed by atoms with Gasteiger partial charge in [-0.2, -0.15) is 5.26 Å². The average Bonchev–Trinajstić information content (AvgIpc) is 2.46. The fraction of sp³-hybridized carbons (Fsp3) is 0.143. The molecule has 5 heteroatoms. The summed E-state index contributed by atoms with van der Waals surface area (Å²) in [5, 5.41) is 18.0. The van der Waals surface area contributed by atoms with Crippen LogP contribution < -0.4 is 4.74 Å². The Morgan fingerprint density at radius 3 is 2.95 bits per heavy atom. The summed E-state index contributed by atoms with van der Waals surface area (Å²) >= 11 is 3.39. The molecular formula is C14H11BrN2O2. The summed E-state index contributed by atoms with van der Waals surface area (Å²) in [5.74, 6) is 0.611. The fourth-order valence-electron chi connectivity index (χ4n) is 1.62. The first-order valence-corrected chi connectivity index (χ1v) is 6.40. The predicted molar refractivity (Wildman–Crippen MR) is 73.3 cm³/mol. The van der Waals surface area contributed by atoms with Gasteiger partial charge in [0.2, 0.25) is 0 Å². The van der Waals surface area contributed by atoms with Gasteiger partial charge in [0, 0.05) is 11.8 Å². The van der Waals surface area contributed by atoms with Crippen LogP contribution >= 0.6 is 15.9 Å². The summed E-state index contributed by atoms with van der Waals surface area (Å²) < 4.78 is 6.49. The molecule has 0 amide bonds. The van der Waals surface area contributed by atoms with Crippen molar-refractivity contribution >= 4 is 15.9 Å². The highest BCUT2D eigenvalue weighted by molar-refractivity contribution is 9.10. The van der Waals surface area contributed by atoms with E-state index in [1.54, 1.807) is 24.4 Å². The molecule has 1 N–H and O–H groups in total. The molecule has 2 aromatic rings. The van der Waals surface area contributed by atoms with Gasteiger partial charge in [0.25, 0.3) is 0 Å². The van der Waals surface area contributed by atoms with Crippen LogP contribution in [0.1, 0.15) is 16.8 Å². The molecule has 0 unspecified atom stereocenters. The summed E-state index contributed by atoms with van der Waals surface area (Å²) in [4.78, 5) is 3.90. The van der Waals surface area contributed by atoms with Gasteiger partial charge in [-0.1, -0.05) is 12.1 Å². The molecule has 0 saturated heterocycles. The summed E-state index contributed by atoms with van der Waals surface area (Å²) in [6.45, 7) is 0.224. The molecule has 1 aromatic heterocycles. The van der Waals surface area contributed by atoms with E-state index in [0.717, 1.165) is 10.0 Å². The van der Waals surface area contributed by atoms with Crippen molar-refractivity contribution in [1.29, 1.82) is 5.26 Å². The van der Waals surface area contributed by atoms with Gasteiger partial charge in [-0.25, -0.2) is 4.98 Å². The number of nitriles is 1. The molecule has 0 bridgehead atoms. The summed E-state index contributed by atoms with van der Waals surface area (Å²) in [7, 11) is 0. The average molecular weight is 319 g/mol. The van der Waals surface area contributed by atoms with Gasteiger partial charge in [0.05, 0.1) is 11.1 Å². The van der Waals surface area contributed by atoms with Gasteiger partial charge < -0.3 is 9.84 Å². The van der Waals surface area contributed by atoms with Gasteiger partial charge in [0.1, 0.15) is 24.1 Å². The fourth-order valence-corrected chi connectivity index (χ4v) is 2.14. The highest BCUT2D eigenvalue weighted by Crippen LogP contribution is 2.29. The number of benzene rings is 1. The smallest absolute Gasteiger partial charge is 0.140 e. The van der Waals surface area contributed by atoms with Crippen LogP contribution in [0.2, 0.25) is 0 Å². The largest absolute Gasteiger partial charge is 0.487 e. The third kappa shape index (κ3) is 3.31. The lowest BCUT2D eigenvalue weighted by Crippen LogP contribution is -2.00. The Balaban J connectivity index is 2.17. The van der Waals surface area contributed by atoms with Crippen molar-refractivity contribution in [3.05, 3.63) is 57.8 Å². The zero-order valence-electron chi connectivity index (χ0n) is 10.0. The minimum absolute atomic E-state index is 0.0887. The van der Waals surface area contributed by atoms with E-state index in [1.807, 2.05) is 18.2 Å². The Bertz CT molecular complexity index is 623. The molecule has 0 spiro atoms. The van der Waals surface area contributed by atoms with Crippen LogP contribution in [0.3, 0.4) is 0 Å². The van der Waals surface area contributed by atoms with Crippen LogP contribution in [-0.4, -0.2) is 10.1 Å². The highest BCUT2D eigenvalue weighted by Gasteiger charge is 2.07. The molecule has 2 rings (SSSR count). The number of ether oxygens (including phenoxy) is 1. The SMILES string of the molecule is N#Cc1cc(COc2c(Br)cccc2CO)ccn1. The van der Waals surface area contributed by atoms with Crippen molar-refractivity contribution < 1.29 is 9.84 Å². The molecule has 1 aromatic carbocycles. The van der Waals surface area contributed by atoms with E-state index in [1.165, 1.54) is 0 Å². The maximum absolute atomic E-state index is 9.27. The number of halogens is 1. The second-order valence-electron chi connectivity index (χ2n) is 3.84. The lowest BCUT2D eigenvalue weighted by atomic mass is 10.2. The Kier molecular flexibility index (Phi) is 4.50. The van der Waals surface area contributed by atoms with E-state index in [9.17, 15) is 5.11 Å². The molecule has 1 heterocycles. The van der Waals surface area contributed by atoms with Crippen LogP contribution in [0.25, 0.3) is 0 Å². The molecule has 0 aliphatic rings. The maximum Gasteiger partial charge on any atom is 0.140 e. The summed E-state index contributed by atoms with van der Waals surface area (Å²) in [5.41, 5.74) is 1.92. The van der Waals surface area contributed by atoms with Crippen molar-refractivity contribution in [2.75, 3.05) is 0 Å². The van der Waals surface area contributed by atoms with E-state index >= 15 is 0 Å². The predicted octanol–water partition coefficient (Wildman–Crippen LogP) is 2.79. The second kappa shape index (κ2) is 6.32. The van der Waals surface area contributed by atoms with Crippen LogP contribution in [-0.2, 0) is 13.2 Å². The van der Waals surface area contributed by atoms with Crippen LogP contribution in [0.5, 0.6) is 5.75 Å².